The van der Waals surface area contributed by atoms with Crippen molar-refractivity contribution < 1.29 is 14.3 Å². The molecular formula is C22H24N2O3S. The van der Waals surface area contributed by atoms with E-state index in [0.29, 0.717) is 18.1 Å². The molecule has 6 heteroatoms. The molecule has 1 amide bonds. The average molecular weight is 397 g/mol. The Labute approximate surface area is 169 Å². The average Bonchev–Trinajstić information content (AvgIpc) is 3.10. The van der Waals surface area contributed by atoms with Gasteiger partial charge in [-0.05, 0) is 49.8 Å². The first kappa shape index (κ1) is 19.9. The van der Waals surface area contributed by atoms with Crippen LogP contribution in [0.3, 0.4) is 0 Å². The first-order valence-corrected chi connectivity index (χ1v) is 9.98. The maximum absolute atomic E-state index is 12.1. The maximum atomic E-state index is 12.1. The molecule has 0 saturated heterocycles. The summed E-state index contributed by atoms with van der Waals surface area (Å²) in [6.45, 7) is 4.16. The third kappa shape index (κ3) is 4.70. The molecule has 1 atom stereocenters. The van der Waals surface area contributed by atoms with Crippen LogP contribution in [-0.4, -0.2) is 42.6 Å². The lowest BCUT2D eigenvalue weighted by Crippen LogP contribution is -2.35. The Morgan fingerprint density at radius 2 is 1.96 bits per heavy atom. The van der Waals surface area contributed by atoms with Crippen LogP contribution in [0.2, 0.25) is 0 Å². The van der Waals surface area contributed by atoms with Gasteiger partial charge < -0.3 is 14.4 Å². The molecule has 5 nitrogen and oxygen atoms in total. The van der Waals surface area contributed by atoms with Crippen LogP contribution in [0.5, 0.6) is 11.5 Å². The van der Waals surface area contributed by atoms with Gasteiger partial charge in [0.2, 0.25) is 0 Å². The van der Waals surface area contributed by atoms with E-state index in [1.807, 2.05) is 55.5 Å². The monoisotopic (exact) mass is 396 g/mol. The summed E-state index contributed by atoms with van der Waals surface area (Å²) in [4.78, 5) is 18.2. The van der Waals surface area contributed by atoms with E-state index in [-0.39, 0.29) is 5.91 Å². The molecule has 0 aliphatic heterocycles. The van der Waals surface area contributed by atoms with Crippen LogP contribution in [0.1, 0.15) is 24.4 Å². The predicted octanol–water partition coefficient (Wildman–Crippen LogP) is 4.72. The number of hydrogen-bond donors (Lipinski definition) is 0. The number of amides is 1. The third-order valence-corrected chi connectivity index (χ3v) is 5.09. The number of carbonyl (C=O) groups is 1. The highest BCUT2D eigenvalue weighted by atomic mass is 32.1. The van der Waals surface area contributed by atoms with Crippen molar-refractivity contribution in [2.45, 2.75) is 20.0 Å². The van der Waals surface area contributed by atoms with Crippen molar-refractivity contribution in [3.05, 3.63) is 53.0 Å². The van der Waals surface area contributed by atoms with Crippen LogP contribution in [0.4, 0.5) is 0 Å². The Balaban J connectivity index is 1.80. The molecule has 3 rings (SSSR count). The van der Waals surface area contributed by atoms with Crippen molar-refractivity contribution in [3.63, 3.8) is 0 Å². The molecule has 2 aromatic carbocycles. The first-order valence-electron chi connectivity index (χ1n) is 9.16. The van der Waals surface area contributed by atoms with E-state index < -0.39 is 6.10 Å². The number of thiazole rings is 1. The molecule has 28 heavy (non-hydrogen) atoms. The molecule has 1 aromatic heterocycles. The summed E-state index contributed by atoms with van der Waals surface area (Å²) in [5.74, 6) is 1.08. The molecule has 0 bridgehead atoms. The lowest BCUT2D eigenvalue weighted by atomic mass is 10.2. The molecule has 1 heterocycles. The van der Waals surface area contributed by atoms with Gasteiger partial charge in [-0.2, -0.15) is 0 Å². The number of ether oxygens (including phenoxy) is 2. The van der Waals surface area contributed by atoms with Crippen LogP contribution >= 0.6 is 11.3 Å². The van der Waals surface area contributed by atoms with E-state index in [2.05, 4.69) is 11.1 Å². The highest BCUT2D eigenvalue weighted by molar-refractivity contribution is 7.19. The minimum absolute atomic E-state index is 0.0951. The van der Waals surface area contributed by atoms with Gasteiger partial charge >= 0.3 is 0 Å². The minimum Gasteiger partial charge on any atom is -0.490 e. The number of carbonyl (C=O) groups excluding carboxylic acids is 1. The Kier molecular flexibility index (Phi) is 6.31. The second-order valence-electron chi connectivity index (χ2n) is 6.49. The molecule has 0 spiro atoms. The summed E-state index contributed by atoms with van der Waals surface area (Å²) in [7, 11) is 3.42. The van der Waals surface area contributed by atoms with Crippen molar-refractivity contribution in [1.82, 2.24) is 9.88 Å². The molecule has 0 aliphatic carbocycles. The van der Waals surface area contributed by atoms with E-state index in [4.69, 9.17) is 9.47 Å². The lowest BCUT2D eigenvalue weighted by Gasteiger charge is -2.20. The molecule has 3 aromatic rings. The van der Waals surface area contributed by atoms with Gasteiger partial charge in [0.25, 0.3) is 5.91 Å². The predicted molar refractivity (Wildman–Crippen MR) is 115 cm³/mol. The van der Waals surface area contributed by atoms with Crippen molar-refractivity contribution in [2.24, 2.45) is 0 Å². The fourth-order valence-corrected chi connectivity index (χ4v) is 3.60. The van der Waals surface area contributed by atoms with Gasteiger partial charge in [0.1, 0.15) is 5.01 Å². The van der Waals surface area contributed by atoms with Gasteiger partial charge in [-0.3, -0.25) is 4.79 Å². The van der Waals surface area contributed by atoms with E-state index in [9.17, 15) is 4.79 Å². The zero-order valence-electron chi connectivity index (χ0n) is 16.5. The lowest BCUT2D eigenvalue weighted by molar-refractivity contribution is -0.135. The highest BCUT2D eigenvalue weighted by Gasteiger charge is 2.18. The van der Waals surface area contributed by atoms with E-state index >= 15 is 0 Å². The summed E-state index contributed by atoms with van der Waals surface area (Å²) in [6.07, 6.45) is 3.41. The zero-order valence-corrected chi connectivity index (χ0v) is 17.3. The summed E-state index contributed by atoms with van der Waals surface area (Å²) in [5.41, 5.74) is 1.98. The summed E-state index contributed by atoms with van der Waals surface area (Å²) < 4.78 is 12.7. The molecule has 0 aliphatic rings. The fourth-order valence-electron chi connectivity index (χ4n) is 2.73. The van der Waals surface area contributed by atoms with Crippen molar-refractivity contribution in [2.75, 3.05) is 20.7 Å². The standard InChI is InChI=1S/C22H24N2O3S/c1-5-26-19-14-16(10-12-18(19)27-15(2)22(25)24(3)4)11-13-21-23-17-8-6-7-9-20(17)28-21/h6-15H,5H2,1-4H3/b13-11+/t15-/m0/s1. The molecular weight excluding hydrogens is 372 g/mol. The Hall–Kier alpha value is -2.86. The largest absolute Gasteiger partial charge is 0.490 e. The number of benzene rings is 2. The molecule has 146 valence electrons. The van der Waals surface area contributed by atoms with Gasteiger partial charge in [0, 0.05) is 14.1 Å². The second kappa shape index (κ2) is 8.89. The number of para-hydroxylation sites is 1. The van der Waals surface area contributed by atoms with Crippen molar-refractivity contribution in [3.8, 4) is 11.5 Å². The quantitative estimate of drug-likeness (QED) is 0.580. The highest BCUT2D eigenvalue weighted by Crippen LogP contribution is 2.31. The summed E-state index contributed by atoms with van der Waals surface area (Å²) >= 11 is 1.65. The molecule has 0 N–H and O–H groups in total. The van der Waals surface area contributed by atoms with Crippen LogP contribution in [0, 0.1) is 0 Å². The SMILES string of the molecule is CCOc1cc(/C=C/c2nc3ccccc3s2)ccc1O[C@@H](C)C(=O)N(C)C. The number of rotatable bonds is 7. The molecule has 0 fully saturated rings. The van der Waals surface area contributed by atoms with E-state index in [0.717, 1.165) is 16.1 Å². The Bertz CT molecular complexity index is 961. The fraction of sp³-hybridized carbons (Fsp3) is 0.273. The second-order valence-corrected chi connectivity index (χ2v) is 7.55. The molecule has 0 saturated carbocycles. The van der Waals surface area contributed by atoms with E-state index in [1.165, 1.54) is 9.60 Å². The number of nitrogens with zero attached hydrogens (tertiary/aromatic N) is 2. The van der Waals surface area contributed by atoms with Gasteiger partial charge in [0.15, 0.2) is 17.6 Å². The normalized spacial score (nSPS) is 12.3. The van der Waals surface area contributed by atoms with E-state index in [1.54, 1.807) is 32.4 Å². The molecule has 0 unspecified atom stereocenters. The number of fused-ring (bicyclic) bond motifs is 1. The van der Waals surface area contributed by atoms with Gasteiger partial charge in [-0.25, -0.2) is 4.98 Å². The Morgan fingerprint density at radius 3 is 2.68 bits per heavy atom. The summed E-state index contributed by atoms with van der Waals surface area (Å²) in [6, 6.07) is 13.8. The summed E-state index contributed by atoms with van der Waals surface area (Å²) in [5, 5.41) is 0.949. The van der Waals surface area contributed by atoms with Crippen LogP contribution in [0.25, 0.3) is 22.4 Å². The van der Waals surface area contributed by atoms with Crippen LogP contribution in [-0.2, 0) is 4.79 Å². The van der Waals surface area contributed by atoms with Gasteiger partial charge in [-0.1, -0.05) is 24.3 Å². The van der Waals surface area contributed by atoms with Crippen molar-refractivity contribution in [1.29, 1.82) is 0 Å². The topological polar surface area (TPSA) is 51.7 Å². The Morgan fingerprint density at radius 1 is 1.18 bits per heavy atom. The smallest absolute Gasteiger partial charge is 0.262 e. The zero-order chi connectivity index (χ0) is 20.1. The minimum atomic E-state index is -0.585. The molecule has 0 radical (unpaired) electrons. The van der Waals surface area contributed by atoms with Crippen molar-refractivity contribution >= 4 is 39.6 Å². The van der Waals surface area contributed by atoms with Gasteiger partial charge in [-0.15, -0.1) is 11.3 Å². The third-order valence-electron chi connectivity index (χ3n) is 4.09. The number of aromatic nitrogens is 1. The van der Waals surface area contributed by atoms with Crippen LogP contribution < -0.4 is 9.47 Å². The first-order chi connectivity index (χ1) is 13.5. The maximum Gasteiger partial charge on any atom is 0.262 e. The number of likely N-dealkylation sites (N-methyl/N-ethyl adjacent to an activating group) is 1. The number of hydrogen-bond acceptors (Lipinski definition) is 5. The van der Waals surface area contributed by atoms with Gasteiger partial charge in [0.05, 0.1) is 16.8 Å². The van der Waals surface area contributed by atoms with Crippen LogP contribution in [0.15, 0.2) is 42.5 Å².